The van der Waals surface area contributed by atoms with Crippen LogP contribution in [0.15, 0.2) is 84.3 Å². The number of anilines is 1. The fourth-order valence-corrected chi connectivity index (χ4v) is 4.99. The van der Waals surface area contributed by atoms with E-state index in [9.17, 15) is 14.0 Å². The molecule has 2 aromatic carbocycles. The molecule has 43 heavy (non-hydrogen) atoms. The minimum Gasteiger partial charge on any atom is -0.315 e. The molecule has 0 aliphatic rings. The van der Waals surface area contributed by atoms with E-state index in [1.54, 1.807) is 42.3 Å². The monoisotopic (exact) mass is 576 g/mol. The number of aryl methyl sites for hydroxylation is 1. The molecule has 4 heterocycles. The summed E-state index contributed by atoms with van der Waals surface area (Å²) in [6, 6.07) is 14.2. The van der Waals surface area contributed by atoms with Gasteiger partial charge in [0, 0.05) is 29.3 Å². The van der Waals surface area contributed by atoms with Crippen molar-refractivity contribution in [1.29, 1.82) is 0 Å². The second-order valence-corrected chi connectivity index (χ2v) is 10.5. The Morgan fingerprint density at radius 1 is 1.05 bits per heavy atom. The molecule has 0 aliphatic heterocycles. The van der Waals surface area contributed by atoms with Crippen LogP contribution in [0.5, 0.6) is 0 Å². The maximum atomic E-state index is 13.9. The minimum atomic E-state index is -0.433. The number of amides is 1. The highest BCUT2D eigenvalue weighted by molar-refractivity contribution is 5.91. The van der Waals surface area contributed by atoms with Crippen LogP contribution in [0, 0.1) is 18.7 Å². The number of hydrogen-bond acceptors (Lipinski definition) is 6. The van der Waals surface area contributed by atoms with Crippen LogP contribution in [-0.2, 0) is 11.3 Å². The quantitative estimate of drug-likeness (QED) is 0.246. The normalized spacial score (nSPS) is 12.0. The molecular weight excluding hydrogens is 547 g/mol. The first-order valence-corrected chi connectivity index (χ1v) is 13.9. The first kappa shape index (κ1) is 27.7. The lowest BCUT2D eigenvalue weighted by atomic mass is 10.1. The highest BCUT2D eigenvalue weighted by atomic mass is 19.1. The van der Waals surface area contributed by atoms with Crippen molar-refractivity contribution in [1.82, 2.24) is 34.5 Å². The van der Waals surface area contributed by atoms with Crippen LogP contribution in [0.1, 0.15) is 31.4 Å². The van der Waals surface area contributed by atoms with Crippen molar-refractivity contribution in [3.63, 3.8) is 0 Å². The maximum absolute atomic E-state index is 13.9. The first-order chi connectivity index (χ1) is 20.8. The van der Waals surface area contributed by atoms with Gasteiger partial charge < -0.3 is 9.88 Å². The molecule has 11 heteroatoms. The Hall–Kier alpha value is -5.45. The van der Waals surface area contributed by atoms with Gasteiger partial charge in [-0.25, -0.2) is 9.37 Å². The van der Waals surface area contributed by atoms with Crippen LogP contribution in [-0.4, -0.2) is 40.4 Å². The van der Waals surface area contributed by atoms with E-state index < -0.39 is 5.56 Å². The van der Waals surface area contributed by atoms with Crippen molar-refractivity contribution in [2.75, 3.05) is 5.32 Å². The number of pyridine rings is 1. The van der Waals surface area contributed by atoms with Crippen LogP contribution in [0.3, 0.4) is 0 Å². The number of aromatic nitrogens is 7. The van der Waals surface area contributed by atoms with Gasteiger partial charge in [0.1, 0.15) is 11.5 Å². The van der Waals surface area contributed by atoms with Gasteiger partial charge in [0.2, 0.25) is 5.91 Å². The number of carbonyl (C=O) groups excluding carboxylic acids is 1. The van der Waals surface area contributed by atoms with Crippen LogP contribution in [0.25, 0.3) is 39.1 Å². The fourth-order valence-electron chi connectivity index (χ4n) is 4.99. The lowest BCUT2D eigenvalue weighted by Crippen LogP contribution is -2.30. The standard InChI is InChI=1S/C32H29FN8O2/c1-4-19(2)31(42)37-30-32(43)41(29(16-35-30)23-7-5-22(6-8-23)27-15-36-39-38-27)18-21-11-25(14-34-13-21)40-17-20(3)26-12-24(33)9-10-28(26)40/h5-17,19H,4,18H2,1-3H3,(H,35,37,42)(H,36,38,39)/t19-/m1/s1. The second kappa shape index (κ2) is 11.4. The molecule has 0 spiro atoms. The van der Waals surface area contributed by atoms with Crippen LogP contribution < -0.4 is 10.9 Å². The molecule has 6 aromatic rings. The molecular formula is C32H29FN8O2. The summed E-state index contributed by atoms with van der Waals surface area (Å²) in [5.74, 6) is -0.868. The number of benzene rings is 2. The summed E-state index contributed by atoms with van der Waals surface area (Å²) in [5, 5.41) is 14.1. The Kier molecular flexibility index (Phi) is 7.37. The number of H-pyrrole nitrogens is 1. The Balaban J connectivity index is 1.41. The van der Waals surface area contributed by atoms with Gasteiger partial charge >= 0.3 is 0 Å². The van der Waals surface area contributed by atoms with Gasteiger partial charge in [0.15, 0.2) is 5.82 Å². The van der Waals surface area contributed by atoms with Crippen molar-refractivity contribution < 1.29 is 9.18 Å². The number of hydrogen-bond donors (Lipinski definition) is 2. The zero-order valence-corrected chi connectivity index (χ0v) is 23.9. The summed E-state index contributed by atoms with van der Waals surface area (Å²) >= 11 is 0. The molecule has 1 amide bonds. The van der Waals surface area contributed by atoms with E-state index in [-0.39, 0.29) is 30.0 Å². The smallest absolute Gasteiger partial charge is 0.294 e. The molecule has 4 aromatic heterocycles. The number of nitrogens with one attached hydrogen (secondary N) is 2. The van der Waals surface area contributed by atoms with E-state index in [1.807, 2.05) is 54.9 Å². The van der Waals surface area contributed by atoms with Crippen molar-refractivity contribution in [3.05, 3.63) is 107 Å². The third-order valence-corrected chi connectivity index (χ3v) is 7.61. The SMILES string of the molecule is CC[C@@H](C)C(=O)Nc1ncc(-c2ccc(-c3cn[nH]n3)cc2)n(Cc2cncc(-n3cc(C)c4cc(F)ccc43)c2)c1=O. The summed E-state index contributed by atoms with van der Waals surface area (Å²) in [6.07, 6.45) is 9.22. The van der Waals surface area contributed by atoms with Gasteiger partial charge in [0.25, 0.3) is 5.56 Å². The van der Waals surface area contributed by atoms with Crippen molar-refractivity contribution in [3.8, 4) is 28.2 Å². The summed E-state index contributed by atoms with van der Waals surface area (Å²) in [4.78, 5) is 35.3. The first-order valence-electron chi connectivity index (χ1n) is 13.9. The highest BCUT2D eigenvalue weighted by Gasteiger charge is 2.18. The molecule has 10 nitrogen and oxygen atoms in total. The molecule has 0 aliphatic carbocycles. The number of carbonyl (C=O) groups is 1. The molecule has 1 atom stereocenters. The molecule has 0 saturated carbocycles. The predicted molar refractivity (Wildman–Crippen MR) is 162 cm³/mol. The number of halogens is 1. The topological polar surface area (TPSA) is 123 Å². The average Bonchev–Trinajstić information content (AvgIpc) is 3.67. The van der Waals surface area contributed by atoms with Crippen LogP contribution in [0.4, 0.5) is 10.2 Å². The van der Waals surface area contributed by atoms with Crippen molar-refractivity contribution >= 4 is 22.6 Å². The molecule has 0 radical (unpaired) electrons. The summed E-state index contributed by atoms with van der Waals surface area (Å²) in [5.41, 5.74) is 5.77. The maximum Gasteiger partial charge on any atom is 0.294 e. The van der Waals surface area contributed by atoms with Gasteiger partial charge in [-0.1, -0.05) is 38.1 Å². The van der Waals surface area contributed by atoms with Crippen molar-refractivity contribution in [2.24, 2.45) is 5.92 Å². The zero-order chi connectivity index (χ0) is 30.1. The van der Waals surface area contributed by atoms with E-state index >= 15 is 0 Å². The number of nitrogens with zero attached hydrogens (tertiary/aromatic N) is 6. The van der Waals surface area contributed by atoms with E-state index in [0.717, 1.165) is 38.8 Å². The number of rotatable bonds is 8. The number of fused-ring (bicyclic) bond motifs is 1. The van der Waals surface area contributed by atoms with E-state index in [4.69, 9.17) is 0 Å². The predicted octanol–water partition coefficient (Wildman–Crippen LogP) is 5.51. The summed E-state index contributed by atoms with van der Waals surface area (Å²) in [7, 11) is 0. The third-order valence-electron chi connectivity index (χ3n) is 7.61. The minimum absolute atomic E-state index is 0.0357. The lowest BCUT2D eigenvalue weighted by molar-refractivity contribution is -0.119. The van der Waals surface area contributed by atoms with E-state index in [2.05, 4.69) is 30.7 Å². The average molecular weight is 577 g/mol. The zero-order valence-electron chi connectivity index (χ0n) is 23.9. The Labute approximate surface area is 246 Å². The van der Waals surface area contributed by atoms with Gasteiger partial charge in [0.05, 0.1) is 42.0 Å². The molecule has 0 saturated heterocycles. The van der Waals surface area contributed by atoms with Gasteiger partial charge in [-0.3, -0.25) is 19.1 Å². The largest absolute Gasteiger partial charge is 0.315 e. The molecule has 0 bridgehead atoms. The molecule has 0 unspecified atom stereocenters. The Morgan fingerprint density at radius 2 is 1.84 bits per heavy atom. The van der Waals surface area contributed by atoms with Crippen LogP contribution in [0.2, 0.25) is 0 Å². The summed E-state index contributed by atoms with van der Waals surface area (Å²) < 4.78 is 17.5. The Bertz CT molecular complexity index is 2000. The van der Waals surface area contributed by atoms with Gasteiger partial charge in [-0.2, -0.15) is 15.4 Å². The van der Waals surface area contributed by atoms with Crippen molar-refractivity contribution in [2.45, 2.75) is 33.7 Å². The highest BCUT2D eigenvalue weighted by Crippen LogP contribution is 2.27. The Morgan fingerprint density at radius 3 is 2.58 bits per heavy atom. The molecule has 0 fully saturated rings. The van der Waals surface area contributed by atoms with E-state index in [0.29, 0.717) is 17.8 Å². The number of aromatic amines is 1. The molecule has 2 N–H and O–H groups in total. The van der Waals surface area contributed by atoms with Crippen LogP contribution >= 0.6 is 0 Å². The van der Waals surface area contributed by atoms with E-state index in [1.165, 1.54) is 12.1 Å². The lowest BCUT2D eigenvalue weighted by Gasteiger charge is -2.16. The summed E-state index contributed by atoms with van der Waals surface area (Å²) in [6.45, 7) is 5.81. The molecule has 6 rings (SSSR count). The third kappa shape index (κ3) is 5.44. The second-order valence-electron chi connectivity index (χ2n) is 10.5. The molecule has 216 valence electrons. The van der Waals surface area contributed by atoms with Gasteiger partial charge in [-0.05, 0) is 54.3 Å². The fraction of sp³-hybridized carbons (Fsp3) is 0.188. The van der Waals surface area contributed by atoms with Gasteiger partial charge in [-0.15, -0.1) is 0 Å².